The molecule has 1 aromatic rings. The normalized spacial score (nSPS) is 27.6. The smallest absolute Gasteiger partial charge is 0.462 e. The first kappa shape index (κ1) is 65.6. The van der Waals surface area contributed by atoms with E-state index in [1.165, 1.54) is 49.8 Å². The standard InChI is InChI=1S/C54H81N3O17P2/c1-3-5-7-8-9-10-11-12-13-14-15-16-17-18-19-20-21-22-27-31-49(60)69-39-44-40-70-75(65,66)74-76(67,68)71-41-47-52(63)51(62)45(35-34-43(58)30-25-6-4-2)46(59)36-33-42(29-26-23-24-28-32-50(61)72-44)53(73-47)57-38-37-48(55)56-54(57)64/h9-10,12-13,15-16,18-19,21-23,26,33-38,42-45,47,51-53,58,62-63H,3-8,11,14,17,20,24-25,27-32,39-41H2,1-2H3,(H,65,66)(H,67,68)(H2,55,56,64)/b10-9-,13-12-,16-15-,19-18-,22-21-,26-23?,35-34+,36-33?/t42-,43-,44+,45-,47+,51-,52+,53+/m0/s1. The van der Waals surface area contributed by atoms with Crippen LogP contribution in [-0.2, 0) is 51.1 Å². The third kappa shape index (κ3) is 27.6. The molecule has 0 saturated carbocycles. The highest BCUT2D eigenvalue weighted by Gasteiger charge is 2.42. The molecule has 2 unspecified atom stereocenters. The van der Waals surface area contributed by atoms with E-state index in [2.05, 4.69) is 52.7 Å². The maximum Gasteiger partial charge on any atom is 0.481 e. The van der Waals surface area contributed by atoms with Crippen LogP contribution >= 0.6 is 15.6 Å². The van der Waals surface area contributed by atoms with Gasteiger partial charge in [-0.15, -0.1) is 0 Å². The van der Waals surface area contributed by atoms with Crippen LogP contribution in [0.1, 0.15) is 136 Å². The van der Waals surface area contributed by atoms with Crippen LogP contribution in [0, 0.1) is 11.8 Å². The van der Waals surface area contributed by atoms with Crippen LogP contribution in [0.2, 0.25) is 0 Å². The summed E-state index contributed by atoms with van der Waals surface area (Å²) in [7, 11) is -11.3. The van der Waals surface area contributed by atoms with Gasteiger partial charge in [-0.1, -0.05) is 137 Å². The first-order valence-electron chi connectivity index (χ1n) is 26.3. The average molecular weight is 1110 g/mol. The van der Waals surface area contributed by atoms with Crippen LogP contribution in [-0.4, -0.2) is 103 Å². The molecule has 3 rings (SSSR count). The van der Waals surface area contributed by atoms with Crippen molar-refractivity contribution in [2.45, 2.75) is 166 Å². The molecule has 0 aromatic carbocycles. The number of fused-ring (bicyclic) bond motifs is 3. The molecule has 0 saturated heterocycles. The van der Waals surface area contributed by atoms with E-state index in [1.54, 1.807) is 12.2 Å². The van der Waals surface area contributed by atoms with Gasteiger partial charge in [0.05, 0.1) is 31.3 Å². The molecule has 0 spiro atoms. The maximum atomic E-state index is 13.8. The second-order valence-corrected chi connectivity index (χ2v) is 21.4. The van der Waals surface area contributed by atoms with Gasteiger partial charge in [-0.3, -0.25) is 28.0 Å². The number of esters is 2. The quantitative estimate of drug-likeness (QED) is 0.0244. The van der Waals surface area contributed by atoms with E-state index >= 15 is 0 Å². The summed E-state index contributed by atoms with van der Waals surface area (Å²) >= 11 is 0. The highest BCUT2D eigenvalue weighted by Crippen LogP contribution is 2.60. The lowest BCUT2D eigenvalue weighted by Crippen LogP contribution is -2.49. The fourth-order valence-corrected chi connectivity index (χ4v) is 9.79. The molecule has 0 radical (unpaired) electrons. The van der Waals surface area contributed by atoms with Crippen LogP contribution in [0.3, 0.4) is 0 Å². The van der Waals surface area contributed by atoms with E-state index in [9.17, 15) is 53.4 Å². The Hall–Kier alpha value is -4.69. The molecule has 0 amide bonds. The molecule has 1 aromatic heterocycles. The van der Waals surface area contributed by atoms with Crippen molar-refractivity contribution in [3.63, 3.8) is 0 Å². The third-order valence-electron chi connectivity index (χ3n) is 11.9. The van der Waals surface area contributed by atoms with Crippen molar-refractivity contribution < 1.29 is 76.2 Å². The number of nitrogens with zero attached hydrogens (tertiary/aromatic N) is 2. The van der Waals surface area contributed by atoms with Gasteiger partial charge >= 0.3 is 33.3 Å². The second-order valence-electron chi connectivity index (χ2n) is 18.3. The summed E-state index contributed by atoms with van der Waals surface area (Å²) in [6.07, 6.45) is 32.1. The molecule has 424 valence electrons. The van der Waals surface area contributed by atoms with Gasteiger partial charge in [0.25, 0.3) is 0 Å². The van der Waals surface area contributed by atoms with E-state index < -0.39 is 107 Å². The number of nitrogen functional groups attached to an aromatic ring is 1. The fourth-order valence-electron chi connectivity index (χ4n) is 7.68. The van der Waals surface area contributed by atoms with Crippen molar-refractivity contribution in [3.05, 3.63) is 120 Å². The Labute approximate surface area is 447 Å². The number of ketones is 1. The van der Waals surface area contributed by atoms with Gasteiger partial charge in [-0.25, -0.2) is 13.9 Å². The number of anilines is 1. The monoisotopic (exact) mass is 1110 g/mol. The van der Waals surface area contributed by atoms with Crippen LogP contribution in [0.25, 0.3) is 0 Å². The molecule has 2 bridgehead atoms. The molecule has 22 heteroatoms. The lowest BCUT2D eigenvalue weighted by molar-refractivity contribution is -0.167. The molecule has 2 aliphatic rings. The second kappa shape index (κ2) is 37.2. The lowest BCUT2D eigenvalue weighted by Gasteiger charge is -2.36. The molecular formula is C54H81N3O17P2. The molecule has 7 N–H and O–H groups in total. The van der Waals surface area contributed by atoms with E-state index in [4.69, 9.17) is 29.0 Å². The SMILES string of the molecule is CCCCC/C=C\C/C=C\C/C=C\C/C=C\C/C=C\CCC(=O)OC[C@@H]1COP(=O)(O)OP(=O)(O)OC[C@H]2O[C@@H](n3ccc(N)nc3=O)[C@H](C=CC(=O)[C@H](/C=C/[C@@H](O)CCCCC)[C@H](O)[C@@H]2O)CC=CCCCC(=O)O1. The summed E-state index contributed by atoms with van der Waals surface area (Å²) < 4.78 is 58.9. The summed E-state index contributed by atoms with van der Waals surface area (Å²) in [4.78, 5) is 77.8. The third-order valence-corrected chi connectivity index (χ3v) is 14.5. The van der Waals surface area contributed by atoms with Gasteiger partial charge in [-0.2, -0.15) is 9.29 Å². The lowest BCUT2D eigenvalue weighted by atomic mass is 9.88. The molecule has 2 aliphatic heterocycles. The summed E-state index contributed by atoms with van der Waals surface area (Å²) in [6.45, 7) is 1.46. The van der Waals surface area contributed by atoms with Crippen LogP contribution in [0.4, 0.5) is 5.82 Å². The Morgan fingerprint density at radius 1 is 0.855 bits per heavy atom. The number of allylic oxidation sites excluding steroid dienone is 13. The zero-order valence-electron chi connectivity index (χ0n) is 43.9. The Balaban J connectivity index is 1.72. The zero-order chi connectivity index (χ0) is 55.6. The van der Waals surface area contributed by atoms with Gasteiger partial charge in [0.2, 0.25) is 0 Å². The van der Waals surface area contributed by atoms with E-state index in [0.29, 0.717) is 32.1 Å². The minimum atomic E-state index is -5.69. The van der Waals surface area contributed by atoms with Crippen LogP contribution < -0.4 is 11.4 Å². The van der Waals surface area contributed by atoms with Crippen molar-refractivity contribution in [3.8, 4) is 0 Å². The number of rotatable bonds is 24. The molecule has 0 fully saturated rings. The first-order valence-corrected chi connectivity index (χ1v) is 29.3. The number of nitrogens with two attached hydrogens (primary N) is 1. The molecule has 10 atom stereocenters. The fraction of sp³-hybridized carbons (Fsp3) is 0.574. The van der Waals surface area contributed by atoms with Gasteiger partial charge in [0, 0.05) is 25.0 Å². The molecule has 20 nitrogen and oxygen atoms in total. The predicted octanol–water partition coefficient (Wildman–Crippen LogP) is 8.84. The van der Waals surface area contributed by atoms with Gasteiger partial charge in [-0.05, 0) is 82.8 Å². The van der Waals surface area contributed by atoms with Crippen molar-refractivity contribution >= 4 is 39.2 Å². The number of aliphatic hydroxyl groups is 3. The van der Waals surface area contributed by atoms with Crippen molar-refractivity contribution in [2.24, 2.45) is 11.8 Å². The van der Waals surface area contributed by atoms with Gasteiger partial charge < -0.3 is 45.1 Å². The van der Waals surface area contributed by atoms with Crippen molar-refractivity contribution in [2.75, 3.05) is 25.6 Å². The number of ether oxygens (including phenoxy) is 3. The largest absolute Gasteiger partial charge is 0.481 e. The molecule has 0 aliphatic carbocycles. The number of carbonyl (C=O) groups is 3. The minimum absolute atomic E-state index is 0.0387. The Morgan fingerprint density at radius 2 is 1.47 bits per heavy atom. The number of phosphoric acid groups is 2. The number of unbranched alkanes of at least 4 members (excludes halogenated alkanes) is 5. The van der Waals surface area contributed by atoms with E-state index in [-0.39, 0.29) is 31.5 Å². The highest BCUT2D eigenvalue weighted by atomic mass is 31.3. The first-order chi connectivity index (χ1) is 36.4. The van der Waals surface area contributed by atoms with Gasteiger partial charge in [0.15, 0.2) is 11.9 Å². The number of cyclic esters (lactones) is 1. The highest BCUT2D eigenvalue weighted by molar-refractivity contribution is 7.61. The Kier molecular flexibility index (Phi) is 32.1. The molecule has 76 heavy (non-hydrogen) atoms. The van der Waals surface area contributed by atoms with E-state index in [1.807, 2.05) is 31.2 Å². The topological polar surface area (TPSA) is 303 Å². The number of aromatic nitrogens is 2. The number of hydrogen-bond acceptors (Lipinski definition) is 17. The average Bonchev–Trinajstić information content (AvgIpc) is 3.37. The summed E-state index contributed by atoms with van der Waals surface area (Å²) in [5.41, 5.74) is 4.83. The van der Waals surface area contributed by atoms with E-state index in [0.717, 1.165) is 49.2 Å². The Morgan fingerprint density at radius 3 is 2.12 bits per heavy atom. The predicted molar refractivity (Wildman–Crippen MR) is 288 cm³/mol. The van der Waals surface area contributed by atoms with Crippen LogP contribution in [0.5, 0.6) is 0 Å². The maximum absolute atomic E-state index is 13.8. The number of phosphoric ester groups is 2. The van der Waals surface area contributed by atoms with Gasteiger partial charge in [0.1, 0.15) is 30.9 Å². The summed E-state index contributed by atoms with van der Waals surface area (Å²) in [5, 5.41) is 33.8. The minimum Gasteiger partial charge on any atom is -0.462 e. The zero-order valence-corrected chi connectivity index (χ0v) is 45.7. The number of hydrogen-bond donors (Lipinski definition) is 6. The van der Waals surface area contributed by atoms with Crippen molar-refractivity contribution in [1.82, 2.24) is 9.55 Å². The number of aliphatic hydroxyl groups excluding tert-OH is 3. The molecular weight excluding hydrogens is 1020 g/mol. The Bertz CT molecular complexity index is 2310. The summed E-state index contributed by atoms with van der Waals surface area (Å²) in [6, 6.07) is 1.27. The van der Waals surface area contributed by atoms with Crippen LogP contribution in [0.15, 0.2) is 114 Å². The summed E-state index contributed by atoms with van der Waals surface area (Å²) in [5.74, 6) is -4.79. The molecule has 3 heterocycles. The number of carbonyl (C=O) groups excluding carboxylic acids is 3. The van der Waals surface area contributed by atoms with Crippen molar-refractivity contribution in [1.29, 1.82) is 0 Å².